The maximum absolute atomic E-state index is 11.8. The molecule has 0 aliphatic rings. The van der Waals surface area contributed by atoms with Crippen molar-refractivity contribution >= 4 is 11.6 Å². The number of nitrogens with zero attached hydrogens (tertiary/aromatic N) is 2. The number of anilines is 1. The Morgan fingerprint density at radius 1 is 1.27 bits per heavy atom. The summed E-state index contributed by atoms with van der Waals surface area (Å²) in [4.78, 5) is 11.8. The SMILES string of the molecule is Cc1ccc(NC(=O)CNCCOc2nonc2C)c(C)c1. The van der Waals surface area contributed by atoms with E-state index in [1.807, 2.05) is 32.0 Å². The van der Waals surface area contributed by atoms with E-state index in [-0.39, 0.29) is 12.5 Å². The number of carbonyl (C=O) groups excluding carboxylic acids is 1. The number of benzene rings is 1. The zero-order valence-electron chi connectivity index (χ0n) is 13.0. The molecule has 0 atom stereocenters. The molecule has 2 rings (SSSR count). The molecule has 22 heavy (non-hydrogen) atoms. The zero-order chi connectivity index (χ0) is 15.9. The average Bonchev–Trinajstić information content (AvgIpc) is 2.87. The molecule has 0 aliphatic carbocycles. The van der Waals surface area contributed by atoms with Gasteiger partial charge in [-0.05, 0) is 37.6 Å². The van der Waals surface area contributed by atoms with Crippen molar-refractivity contribution in [3.05, 3.63) is 35.0 Å². The minimum atomic E-state index is -0.0914. The van der Waals surface area contributed by atoms with Crippen LogP contribution in [0.3, 0.4) is 0 Å². The van der Waals surface area contributed by atoms with E-state index in [0.29, 0.717) is 24.7 Å². The van der Waals surface area contributed by atoms with E-state index >= 15 is 0 Å². The Hall–Kier alpha value is -2.41. The highest BCUT2D eigenvalue weighted by molar-refractivity contribution is 5.92. The Labute approximate surface area is 129 Å². The molecule has 0 bridgehead atoms. The highest BCUT2D eigenvalue weighted by atomic mass is 16.6. The Morgan fingerprint density at radius 3 is 2.77 bits per heavy atom. The molecule has 7 heteroatoms. The molecule has 0 unspecified atom stereocenters. The highest BCUT2D eigenvalue weighted by Crippen LogP contribution is 2.15. The molecule has 2 N–H and O–H groups in total. The van der Waals surface area contributed by atoms with E-state index in [1.54, 1.807) is 6.92 Å². The number of ether oxygens (including phenoxy) is 1. The van der Waals surface area contributed by atoms with Crippen molar-refractivity contribution in [2.45, 2.75) is 20.8 Å². The molecule has 0 saturated carbocycles. The summed E-state index contributed by atoms with van der Waals surface area (Å²) in [6, 6.07) is 5.91. The summed E-state index contributed by atoms with van der Waals surface area (Å²) in [6.45, 7) is 6.85. The average molecular weight is 304 g/mol. The molecule has 1 aromatic heterocycles. The third kappa shape index (κ3) is 4.56. The lowest BCUT2D eigenvalue weighted by atomic mass is 10.1. The van der Waals surface area contributed by atoms with Crippen LogP contribution in [-0.4, -0.2) is 35.9 Å². The number of aryl methyl sites for hydroxylation is 3. The van der Waals surface area contributed by atoms with Crippen molar-refractivity contribution in [1.82, 2.24) is 15.6 Å². The number of hydrogen-bond acceptors (Lipinski definition) is 6. The first kappa shape index (κ1) is 16.0. The summed E-state index contributed by atoms with van der Waals surface area (Å²) in [5.41, 5.74) is 3.65. The number of rotatable bonds is 7. The van der Waals surface area contributed by atoms with Crippen LogP contribution in [0.15, 0.2) is 22.8 Å². The van der Waals surface area contributed by atoms with Gasteiger partial charge in [-0.1, -0.05) is 22.9 Å². The van der Waals surface area contributed by atoms with Gasteiger partial charge < -0.3 is 15.4 Å². The van der Waals surface area contributed by atoms with E-state index in [2.05, 4.69) is 25.6 Å². The molecule has 0 spiro atoms. The summed E-state index contributed by atoms with van der Waals surface area (Å²) >= 11 is 0. The molecule has 2 aromatic rings. The molecule has 118 valence electrons. The topological polar surface area (TPSA) is 89.3 Å². The largest absolute Gasteiger partial charge is 0.473 e. The fraction of sp³-hybridized carbons (Fsp3) is 0.400. The Kier molecular flexibility index (Phi) is 5.48. The lowest BCUT2D eigenvalue weighted by molar-refractivity contribution is -0.115. The van der Waals surface area contributed by atoms with Crippen molar-refractivity contribution in [3.8, 4) is 5.88 Å². The molecule has 7 nitrogen and oxygen atoms in total. The van der Waals surface area contributed by atoms with Crippen molar-refractivity contribution in [1.29, 1.82) is 0 Å². The molecule has 1 heterocycles. The molecular weight excluding hydrogens is 284 g/mol. The van der Waals surface area contributed by atoms with Gasteiger partial charge in [-0.25, -0.2) is 4.63 Å². The van der Waals surface area contributed by atoms with E-state index in [1.165, 1.54) is 5.56 Å². The van der Waals surface area contributed by atoms with E-state index in [0.717, 1.165) is 11.3 Å². The number of carbonyl (C=O) groups is 1. The minimum absolute atomic E-state index is 0.0914. The number of amides is 1. The number of aromatic nitrogens is 2. The molecule has 0 fully saturated rings. The molecular formula is C15H20N4O3. The van der Waals surface area contributed by atoms with Crippen molar-refractivity contribution in [3.63, 3.8) is 0 Å². The van der Waals surface area contributed by atoms with Crippen LogP contribution in [0.2, 0.25) is 0 Å². The van der Waals surface area contributed by atoms with Gasteiger partial charge in [0.05, 0.1) is 6.54 Å². The van der Waals surface area contributed by atoms with Crippen LogP contribution in [0.1, 0.15) is 16.8 Å². The smallest absolute Gasteiger partial charge is 0.278 e. The van der Waals surface area contributed by atoms with Crippen LogP contribution in [0.5, 0.6) is 5.88 Å². The molecule has 1 amide bonds. The van der Waals surface area contributed by atoms with Gasteiger partial charge in [-0.15, -0.1) is 0 Å². The zero-order valence-corrected chi connectivity index (χ0v) is 13.0. The standard InChI is InChI=1S/C15H20N4O3/c1-10-4-5-13(11(2)8-10)17-14(20)9-16-6-7-21-15-12(3)18-22-19-15/h4-5,8,16H,6-7,9H2,1-3H3,(H,17,20). The third-order valence-corrected chi connectivity index (χ3v) is 3.07. The summed E-state index contributed by atoms with van der Waals surface area (Å²) in [6.07, 6.45) is 0. The maximum Gasteiger partial charge on any atom is 0.278 e. The Balaban J connectivity index is 1.66. The van der Waals surface area contributed by atoms with E-state index in [4.69, 9.17) is 4.74 Å². The maximum atomic E-state index is 11.8. The summed E-state index contributed by atoms with van der Waals surface area (Å²) in [5.74, 6) is 0.285. The second-order valence-corrected chi connectivity index (χ2v) is 5.05. The first-order chi connectivity index (χ1) is 10.6. The first-order valence-electron chi connectivity index (χ1n) is 7.06. The predicted octanol–water partition coefficient (Wildman–Crippen LogP) is 1.60. The lowest BCUT2D eigenvalue weighted by Gasteiger charge is -2.10. The highest BCUT2D eigenvalue weighted by Gasteiger charge is 2.06. The quantitative estimate of drug-likeness (QED) is 0.755. The van der Waals surface area contributed by atoms with Gasteiger partial charge in [0.15, 0.2) is 0 Å². The van der Waals surface area contributed by atoms with Crippen LogP contribution < -0.4 is 15.4 Å². The second-order valence-electron chi connectivity index (χ2n) is 5.05. The lowest BCUT2D eigenvalue weighted by Crippen LogP contribution is -2.31. The van der Waals surface area contributed by atoms with E-state index < -0.39 is 0 Å². The van der Waals surface area contributed by atoms with Crippen LogP contribution in [0.4, 0.5) is 5.69 Å². The van der Waals surface area contributed by atoms with Crippen molar-refractivity contribution in [2.24, 2.45) is 0 Å². The Bertz CT molecular complexity index is 639. The minimum Gasteiger partial charge on any atom is -0.473 e. The van der Waals surface area contributed by atoms with Crippen LogP contribution in [0.25, 0.3) is 0 Å². The molecule has 0 aliphatic heterocycles. The summed E-state index contributed by atoms with van der Waals surface area (Å²) in [7, 11) is 0. The number of hydrogen-bond donors (Lipinski definition) is 2. The third-order valence-electron chi connectivity index (χ3n) is 3.07. The van der Waals surface area contributed by atoms with Gasteiger partial charge >= 0.3 is 0 Å². The van der Waals surface area contributed by atoms with Gasteiger partial charge in [0.25, 0.3) is 5.88 Å². The first-order valence-corrected chi connectivity index (χ1v) is 7.06. The monoisotopic (exact) mass is 304 g/mol. The summed E-state index contributed by atoms with van der Waals surface area (Å²) in [5, 5.41) is 13.1. The van der Waals surface area contributed by atoms with Crippen LogP contribution >= 0.6 is 0 Å². The van der Waals surface area contributed by atoms with Gasteiger partial charge in [0, 0.05) is 12.2 Å². The van der Waals surface area contributed by atoms with Crippen LogP contribution in [0, 0.1) is 20.8 Å². The number of nitrogens with one attached hydrogen (secondary N) is 2. The van der Waals surface area contributed by atoms with Gasteiger partial charge in [-0.2, -0.15) is 0 Å². The van der Waals surface area contributed by atoms with Gasteiger partial charge in [0.2, 0.25) is 5.91 Å². The van der Waals surface area contributed by atoms with Crippen molar-refractivity contribution < 1.29 is 14.2 Å². The van der Waals surface area contributed by atoms with Gasteiger partial charge in [-0.3, -0.25) is 4.79 Å². The molecule has 1 aromatic carbocycles. The normalized spacial score (nSPS) is 10.5. The molecule has 0 saturated heterocycles. The Morgan fingerprint density at radius 2 is 2.09 bits per heavy atom. The molecule has 0 radical (unpaired) electrons. The summed E-state index contributed by atoms with van der Waals surface area (Å²) < 4.78 is 9.86. The fourth-order valence-electron chi connectivity index (χ4n) is 1.92. The van der Waals surface area contributed by atoms with E-state index in [9.17, 15) is 4.79 Å². The van der Waals surface area contributed by atoms with Crippen molar-refractivity contribution in [2.75, 3.05) is 25.0 Å². The second kappa shape index (κ2) is 7.56. The van der Waals surface area contributed by atoms with Gasteiger partial charge in [0.1, 0.15) is 12.3 Å². The predicted molar refractivity (Wildman–Crippen MR) is 81.9 cm³/mol. The van der Waals surface area contributed by atoms with Crippen LogP contribution in [-0.2, 0) is 4.79 Å². The fourth-order valence-corrected chi connectivity index (χ4v) is 1.92.